The van der Waals surface area contributed by atoms with E-state index in [2.05, 4.69) is 17.2 Å². The molecule has 1 N–H and O–H groups in total. The molecule has 20 heavy (non-hydrogen) atoms. The molecule has 0 unspecified atom stereocenters. The van der Waals surface area contributed by atoms with E-state index in [0.717, 1.165) is 36.7 Å². The fourth-order valence-corrected chi connectivity index (χ4v) is 1.84. The fourth-order valence-electron chi connectivity index (χ4n) is 1.84. The van der Waals surface area contributed by atoms with E-state index < -0.39 is 0 Å². The van der Waals surface area contributed by atoms with Crippen LogP contribution in [0.2, 0.25) is 0 Å². The zero-order chi connectivity index (χ0) is 14.2. The van der Waals surface area contributed by atoms with Crippen LogP contribution in [0.25, 0.3) is 0 Å². The van der Waals surface area contributed by atoms with Crippen LogP contribution >= 0.6 is 0 Å². The van der Waals surface area contributed by atoms with Crippen molar-refractivity contribution >= 4 is 0 Å². The van der Waals surface area contributed by atoms with Crippen molar-refractivity contribution in [2.45, 2.75) is 19.9 Å². The topological polar surface area (TPSA) is 43.4 Å². The predicted octanol–water partition coefficient (Wildman–Crippen LogP) is 3.38. The van der Waals surface area contributed by atoms with Crippen LogP contribution < -0.4 is 14.8 Å². The summed E-state index contributed by atoms with van der Waals surface area (Å²) in [6.07, 6.45) is 2.87. The monoisotopic (exact) mass is 272 g/mol. The Hall–Kier alpha value is -2.07. The van der Waals surface area contributed by atoms with Crippen molar-refractivity contribution in [3.8, 4) is 17.2 Å². The highest BCUT2D eigenvalue weighted by Crippen LogP contribution is 2.30. The number of aromatic nitrogens is 1. The number of pyridine rings is 1. The van der Waals surface area contributed by atoms with Gasteiger partial charge in [-0.05, 0) is 31.2 Å². The molecule has 0 aliphatic rings. The van der Waals surface area contributed by atoms with E-state index in [0.29, 0.717) is 5.75 Å². The van der Waals surface area contributed by atoms with Gasteiger partial charge in [-0.3, -0.25) is 4.98 Å². The van der Waals surface area contributed by atoms with Crippen LogP contribution in [0.3, 0.4) is 0 Å². The number of methoxy groups -OCH3 is 1. The summed E-state index contributed by atoms with van der Waals surface area (Å²) < 4.78 is 11.1. The fraction of sp³-hybridized carbons (Fsp3) is 0.312. The minimum Gasteiger partial charge on any atom is -0.493 e. The molecule has 0 fully saturated rings. The summed E-state index contributed by atoms with van der Waals surface area (Å²) in [6.45, 7) is 3.87. The van der Waals surface area contributed by atoms with E-state index in [-0.39, 0.29) is 0 Å². The third kappa shape index (κ3) is 3.96. The van der Waals surface area contributed by atoms with Gasteiger partial charge in [-0.25, -0.2) is 0 Å². The molecule has 0 spiro atoms. The standard InChI is InChI=1S/C16H20N2O2/c1-3-9-17-12-13-11-14(8-10-18-13)20-16-7-5-4-6-15(16)19-2/h4-8,10-11,17H,3,9,12H2,1-2H3. The van der Waals surface area contributed by atoms with Crippen LogP contribution in [0.5, 0.6) is 17.2 Å². The van der Waals surface area contributed by atoms with Crippen molar-refractivity contribution in [2.24, 2.45) is 0 Å². The first-order valence-corrected chi connectivity index (χ1v) is 6.80. The molecule has 2 aromatic rings. The minimum absolute atomic E-state index is 0.702. The second-order valence-corrected chi connectivity index (χ2v) is 4.41. The summed E-state index contributed by atoms with van der Waals surface area (Å²) in [5.74, 6) is 2.18. The number of para-hydroxylation sites is 2. The van der Waals surface area contributed by atoms with Gasteiger partial charge in [-0.2, -0.15) is 0 Å². The number of hydrogen-bond acceptors (Lipinski definition) is 4. The van der Waals surface area contributed by atoms with Crippen molar-refractivity contribution in [3.05, 3.63) is 48.3 Å². The maximum Gasteiger partial charge on any atom is 0.169 e. The summed E-state index contributed by atoms with van der Waals surface area (Å²) in [7, 11) is 1.63. The summed E-state index contributed by atoms with van der Waals surface area (Å²) in [5, 5.41) is 3.32. The zero-order valence-electron chi connectivity index (χ0n) is 11.9. The second kappa shape index (κ2) is 7.50. The summed E-state index contributed by atoms with van der Waals surface area (Å²) in [4.78, 5) is 4.32. The average molecular weight is 272 g/mol. The van der Waals surface area contributed by atoms with Crippen LogP contribution in [0, 0.1) is 0 Å². The average Bonchev–Trinajstić information content (AvgIpc) is 2.48. The Morgan fingerprint density at radius 1 is 1.15 bits per heavy atom. The predicted molar refractivity (Wildman–Crippen MR) is 79.3 cm³/mol. The molecule has 106 valence electrons. The third-order valence-electron chi connectivity index (χ3n) is 2.82. The molecular weight excluding hydrogens is 252 g/mol. The lowest BCUT2D eigenvalue weighted by Gasteiger charge is -2.10. The molecule has 0 aliphatic carbocycles. The second-order valence-electron chi connectivity index (χ2n) is 4.41. The van der Waals surface area contributed by atoms with Gasteiger partial charge in [0.05, 0.1) is 12.8 Å². The molecule has 2 rings (SSSR count). The van der Waals surface area contributed by atoms with Crippen LogP contribution in [0.4, 0.5) is 0 Å². The van der Waals surface area contributed by atoms with Crippen molar-refractivity contribution < 1.29 is 9.47 Å². The smallest absolute Gasteiger partial charge is 0.169 e. The first kappa shape index (κ1) is 14.3. The molecule has 0 bridgehead atoms. The molecule has 1 heterocycles. The highest BCUT2D eigenvalue weighted by atomic mass is 16.5. The highest BCUT2D eigenvalue weighted by molar-refractivity contribution is 5.42. The van der Waals surface area contributed by atoms with Gasteiger partial charge in [0.15, 0.2) is 11.5 Å². The Labute approximate surface area is 119 Å². The molecule has 0 amide bonds. The molecular formula is C16H20N2O2. The van der Waals surface area contributed by atoms with E-state index in [1.54, 1.807) is 13.3 Å². The Balaban J connectivity index is 2.07. The van der Waals surface area contributed by atoms with Gasteiger partial charge in [0.2, 0.25) is 0 Å². The van der Waals surface area contributed by atoms with Gasteiger partial charge in [-0.15, -0.1) is 0 Å². The summed E-state index contributed by atoms with van der Waals surface area (Å²) >= 11 is 0. The van der Waals surface area contributed by atoms with Crippen LogP contribution in [0.15, 0.2) is 42.6 Å². The van der Waals surface area contributed by atoms with E-state index in [1.165, 1.54) is 0 Å². The van der Waals surface area contributed by atoms with Gasteiger partial charge >= 0.3 is 0 Å². The SMILES string of the molecule is CCCNCc1cc(Oc2ccccc2OC)ccn1. The highest BCUT2D eigenvalue weighted by Gasteiger charge is 2.05. The van der Waals surface area contributed by atoms with E-state index in [1.807, 2.05) is 36.4 Å². The maximum atomic E-state index is 5.85. The zero-order valence-corrected chi connectivity index (χ0v) is 11.9. The Kier molecular flexibility index (Phi) is 5.38. The molecule has 4 nitrogen and oxygen atoms in total. The molecule has 0 aliphatic heterocycles. The van der Waals surface area contributed by atoms with Crippen molar-refractivity contribution in [1.29, 1.82) is 0 Å². The number of nitrogens with one attached hydrogen (secondary N) is 1. The van der Waals surface area contributed by atoms with Crippen molar-refractivity contribution in [2.75, 3.05) is 13.7 Å². The Bertz CT molecular complexity index is 544. The Morgan fingerprint density at radius 3 is 2.70 bits per heavy atom. The maximum absolute atomic E-state index is 5.85. The molecule has 1 aromatic carbocycles. The van der Waals surface area contributed by atoms with Crippen LogP contribution in [-0.2, 0) is 6.54 Å². The van der Waals surface area contributed by atoms with Crippen LogP contribution in [0.1, 0.15) is 19.0 Å². The van der Waals surface area contributed by atoms with Gasteiger partial charge in [-0.1, -0.05) is 19.1 Å². The lowest BCUT2D eigenvalue weighted by atomic mass is 10.3. The molecule has 0 saturated heterocycles. The van der Waals surface area contributed by atoms with Gasteiger partial charge in [0.1, 0.15) is 5.75 Å². The molecule has 1 aromatic heterocycles. The van der Waals surface area contributed by atoms with E-state index in [9.17, 15) is 0 Å². The normalized spacial score (nSPS) is 10.3. The first-order chi connectivity index (χ1) is 9.83. The number of benzene rings is 1. The molecule has 0 saturated carbocycles. The number of ether oxygens (including phenoxy) is 2. The summed E-state index contributed by atoms with van der Waals surface area (Å²) in [5.41, 5.74) is 0.964. The van der Waals surface area contributed by atoms with Gasteiger partial charge < -0.3 is 14.8 Å². The van der Waals surface area contributed by atoms with Crippen molar-refractivity contribution in [3.63, 3.8) is 0 Å². The number of hydrogen-bond donors (Lipinski definition) is 1. The largest absolute Gasteiger partial charge is 0.493 e. The first-order valence-electron chi connectivity index (χ1n) is 6.80. The molecule has 4 heteroatoms. The quantitative estimate of drug-likeness (QED) is 0.785. The third-order valence-corrected chi connectivity index (χ3v) is 2.82. The van der Waals surface area contributed by atoms with Crippen LogP contribution in [-0.4, -0.2) is 18.6 Å². The number of nitrogens with zero attached hydrogens (tertiary/aromatic N) is 1. The molecule has 0 atom stereocenters. The van der Waals surface area contributed by atoms with E-state index >= 15 is 0 Å². The molecule has 0 radical (unpaired) electrons. The summed E-state index contributed by atoms with van der Waals surface area (Å²) in [6, 6.07) is 11.4. The van der Waals surface area contributed by atoms with Gasteiger partial charge in [0.25, 0.3) is 0 Å². The van der Waals surface area contributed by atoms with Gasteiger partial charge in [0, 0.05) is 18.8 Å². The van der Waals surface area contributed by atoms with E-state index in [4.69, 9.17) is 9.47 Å². The Morgan fingerprint density at radius 2 is 1.95 bits per heavy atom. The number of rotatable bonds is 7. The lowest BCUT2D eigenvalue weighted by molar-refractivity contribution is 0.378. The van der Waals surface area contributed by atoms with Crippen molar-refractivity contribution in [1.82, 2.24) is 10.3 Å². The minimum atomic E-state index is 0.702. The lowest BCUT2D eigenvalue weighted by Crippen LogP contribution is -2.14.